The van der Waals surface area contributed by atoms with E-state index in [-0.39, 0.29) is 0 Å². The summed E-state index contributed by atoms with van der Waals surface area (Å²) in [6.07, 6.45) is 3.53. The predicted octanol–water partition coefficient (Wildman–Crippen LogP) is 3.94. The van der Waals surface area contributed by atoms with Crippen LogP contribution in [0, 0.1) is 17.2 Å². The number of piperazine rings is 1. The molecule has 0 amide bonds. The molecule has 1 aliphatic carbocycles. The molecule has 0 unspecified atom stereocenters. The van der Waals surface area contributed by atoms with Gasteiger partial charge < -0.3 is 9.42 Å². The van der Waals surface area contributed by atoms with E-state index in [0.717, 1.165) is 61.8 Å². The first-order valence-electron chi connectivity index (χ1n) is 10.1. The van der Waals surface area contributed by atoms with Crippen molar-refractivity contribution in [2.75, 3.05) is 31.1 Å². The molecule has 142 valence electrons. The van der Waals surface area contributed by atoms with E-state index in [1.165, 1.54) is 18.4 Å². The summed E-state index contributed by atoms with van der Waals surface area (Å²) in [6, 6.07) is 10.8. The van der Waals surface area contributed by atoms with Gasteiger partial charge >= 0.3 is 0 Å². The molecular formula is C22H28N4O. The third kappa shape index (κ3) is 4.33. The number of nitriles is 1. The molecule has 1 aromatic carbocycles. The molecule has 2 heterocycles. The molecule has 5 nitrogen and oxygen atoms in total. The van der Waals surface area contributed by atoms with E-state index in [4.69, 9.17) is 4.52 Å². The number of hydrogen-bond acceptors (Lipinski definition) is 5. The number of anilines is 1. The summed E-state index contributed by atoms with van der Waals surface area (Å²) in [6.45, 7) is 9.14. The molecule has 0 radical (unpaired) electrons. The average molecular weight is 364 g/mol. The van der Waals surface area contributed by atoms with Crippen molar-refractivity contribution in [1.29, 1.82) is 5.26 Å². The Morgan fingerprint density at radius 2 is 1.96 bits per heavy atom. The van der Waals surface area contributed by atoms with Crippen LogP contribution in [0.2, 0.25) is 0 Å². The van der Waals surface area contributed by atoms with E-state index in [9.17, 15) is 5.26 Å². The minimum Gasteiger partial charge on any atom is -0.368 e. The Morgan fingerprint density at radius 3 is 2.63 bits per heavy atom. The summed E-state index contributed by atoms with van der Waals surface area (Å²) in [4.78, 5) is 4.78. The molecule has 0 atom stereocenters. The van der Waals surface area contributed by atoms with Crippen LogP contribution in [0.4, 0.5) is 5.69 Å². The maximum atomic E-state index is 9.52. The molecule has 1 saturated carbocycles. The van der Waals surface area contributed by atoms with Crippen LogP contribution in [0.15, 0.2) is 28.8 Å². The highest BCUT2D eigenvalue weighted by molar-refractivity contribution is 5.61. The minimum absolute atomic E-state index is 0.616. The average Bonchev–Trinajstić information content (AvgIpc) is 3.41. The number of benzene rings is 1. The van der Waals surface area contributed by atoms with Crippen LogP contribution in [-0.4, -0.2) is 36.2 Å². The van der Waals surface area contributed by atoms with Gasteiger partial charge in [0.25, 0.3) is 0 Å². The van der Waals surface area contributed by atoms with Crippen LogP contribution < -0.4 is 4.90 Å². The molecule has 0 N–H and O–H groups in total. The Morgan fingerprint density at radius 1 is 1.19 bits per heavy atom. The second-order valence-corrected chi connectivity index (χ2v) is 8.32. The van der Waals surface area contributed by atoms with Crippen molar-refractivity contribution in [2.24, 2.45) is 5.92 Å². The standard InChI is InChI=1S/C22H28N4O/c1-16(2)11-17-3-4-19(14-23)21(12-17)26-9-7-25(8-10-26)15-20-13-22(27-24-20)18-5-6-18/h3-4,12-13,16,18H,5-11,15H2,1-2H3. The Labute approximate surface area is 161 Å². The van der Waals surface area contributed by atoms with Gasteiger partial charge in [0.1, 0.15) is 11.8 Å². The topological polar surface area (TPSA) is 56.3 Å². The summed E-state index contributed by atoms with van der Waals surface area (Å²) in [5.41, 5.74) is 4.23. The van der Waals surface area contributed by atoms with Crippen LogP contribution in [0.25, 0.3) is 0 Å². The number of nitrogens with zero attached hydrogens (tertiary/aromatic N) is 4. The van der Waals surface area contributed by atoms with Crippen LogP contribution in [0.1, 0.15) is 55.2 Å². The number of hydrogen-bond donors (Lipinski definition) is 0. The Bertz CT molecular complexity index is 823. The SMILES string of the molecule is CC(C)Cc1ccc(C#N)c(N2CCN(Cc3cc(C4CC4)on3)CC2)c1. The van der Waals surface area contributed by atoms with E-state index < -0.39 is 0 Å². The van der Waals surface area contributed by atoms with Crippen LogP contribution >= 0.6 is 0 Å². The van der Waals surface area contributed by atoms with Gasteiger partial charge in [0.2, 0.25) is 0 Å². The highest BCUT2D eigenvalue weighted by Gasteiger charge is 2.28. The fourth-order valence-electron chi connectivity index (χ4n) is 3.87. The minimum atomic E-state index is 0.616. The van der Waals surface area contributed by atoms with Gasteiger partial charge in [0, 0.05) is 44.7 Å². The van der Waals surface area contributed by atoms with E-state index >= 15 is 0 Å². The largest absolute Gasteiger partial charge is 0.368 e. The van der Waals surface area contributed by atoms with Gasteiger partial charge in [-0.05, 0) is 42.9 Å². The zero-order chi connectivity index (χ0) is 18.8. The van der Waals surface area contributed by atoms with E-state index in [2.05, 4.69) is 53.1 Å². The van der Waals surface area contributed by atoms with Crippen molar-refractivity contribution >= 4 is 5.69 Å². The monoisotopic (exact) mass is 364 g/mol. The van der Waals surface area contributed by atoms with Crippen molar-refractivity contribution in [3.63, 3.8) is 0 Å². The lowest BCUT2D eigenvalue weighted by atomic mass is 10.00. The zero-order valence-corrected chi connectivity index (χ0v) is 16.3. The van der Waals surface area contributed by atoms with Crippen molar-refractivity contribution in [2.45, 2.75) is 45.6 Å². The molecule has 27 heavy (non-hydrogen) atoms. The third-order valence-corrected chi connectivity index (χ3v) is 5.48. The second kappa shape index (κ2) is 7.74. The zero-order valence-electron chi connectivity index (χ0n) is 16.3. The molecular weight excluding hydrogens is 336 g/mol. The highest BCUT2D eigenvalue weighted by Crippen LogP contribution is 2.40. The van der Waals surface area contributed by atoms with Gasteiger partial charge in [-0.3, -0.25) is 4.90 Å². The van der Waals surface area contributed by atoms with Gasteiger partial charge in [-0.15, -0.1) is 0 Å². The number of rotatable bonds is 6. The fourth-order valence-corrected chi connectivity index (χ4v) is 3.87. The Hall–Kier alpha value is -2.32. The summed E-state index contributed by atoms with van der Waals surface area (Å²) < 4.78 is 5.47. The van der Waals surface area contributed by atoms with Crippen molar-refractivity contribution in [1.82, 2.24) is 10.1 Å². The van der Waals surface area contributed by atoms with E-state index in [1.54, 1.807) is 0 Å². The normalized spacial score (nSPS) is 18.1. The quantitative estimate of drug-likeness (QED) is 0.777. The fraction of sp³-hybridized carbons (Fsp3) is 0.545. The van der Waals surface area contributed by atoms with Gasteiger partial charge in [-0.2, -0.15) is 5.26 Å². The van der Waals surface area contributed by atoms with Crippen molar-refractivity contribution < 1.29 is 4.52 Å². The predicted molar refractivity (Wildman–Crippen MR) is 106 cm³/mol. The number of aromatic nitrogens is 1. The highest BCUT2D eigenvalue weighted by atomic mass is 16.5. The van der Waals surface area contributed by atoms with Gasteiger partial charge in [0.05, 0.1) is 16.9 Å². The first-order valence-corrected chi connectivity index (χ1v) is 10.1. The summed E-state index contributed by atoms with van der Waals surface area (Å²) >= 11 is 0. The van der Waals surface area contributed by atoms with Gasteiger partial charge in [-0.25, -0.2) is 0 Å². The first-order chi connectivity index (χ1) is 13.1. The molecule has 1 aliphatic heterocycles. The summed E-state index contributed by atoms with van der Waals surface area (Å²) in [5, 5.41) is 13.8. The third-order valence-electron chi connectivity index (χ3n) is 5.48. The summed E-state index contributed by atoms with van der Waals surface area (Å²) in [7, 11) is 0. The van der Waals surface area contributed by atoms with Crippen LogP contribution in [-0.2, 0) is 13.0 Å². The van der Waals surface area contributed by atoms with Crippen molar-refractivity contribution in [3.8, 4) is 6.07 Å². The molecule has 0 spiro atoms. The molecule has 5 heteroatoms. The molecule has 2 fully saturated rings. The van der Waals surface area contributed by atoms with Crippen molar-refractivity contribution in [3.05, 3.63) is 46.8 Å². The van der Waals surface area contributed by atoms with Crippen LogP contribution in [0.5, 0.6) is 0 Å². The molecule has 1 aromatic heterocycles. The van der Waals surface area contributed by atoms with E-state index in [1.807, 2.05) is 6.07 Å². The molecule has 4 rings (SSSR count). The maximum absolute atomic E-state index is 9.52. The molecule has 2 aliphatic rings. The molecule has 2 aromatic rings. The second-order valence-electron chi connectivity index (χ2n) is 8.32. The molecule has 1 saturated heterocycles. The van der Waals surface area contributed by atoms with Gasteiger partial charge in [0.15, 0.2) is 0 Å². The van der Waals surface area contributed by atoms with E-state index in [0.29, 0.717) is 11.8 Å². The lowest BCUT2D eigenvalue weighted by Gasteiger charge is -2.36. The van der Waals surface area contributed by atoms with Gasteiger partial charge in [-0.1, -0.05) is 25.1 Å². The van der Waals surface area contributed by atoms with Crippen LogP contribution in [0.3, 0.4) is 0 Å². The smallest absolute Gasteiger partial charge is 0.140 e. The Kier molecular flexibility index (Phi) is 5.18. The molecule has 0 bridgehead atoms. The first kappa shape index (κ1) is 18.1. The lowest BCUT2D eigenvalue weighted by molar-refractivity contribution is 0.241. The maximum Gasteiger partial charge on any atom is 0.140 e. The lowest BCUT2D eigenvalue weighted by Crippen LogP contribution is -2.46. The Balaban J connectivity index is 1.38. The summed E-state index contributed by atoms with van der Waals surface area (Å²) in [5.74, 6) is 2.29.